The van der Waals surface area contributed by atoms with E-state index < -0.39 is 0 Å². The molecular formula is C19H18ClNO. The quantitative estimate of drug-likeness (QED) is 0.396. The molecule has 0 heterocycles. The van der Waals surface area contributed by atoms with E-state index in [2.05, 4.69) is 13.0 Å². The van der Waals surface area contributed by atoms with Gasteiger partial charge in [0, 0.05) is 10.6 Å². The van der Waals surface area contributed by atoms with Crippen LogP contribution in [-0.2, 0) is 0 Å². The molecule has 0 aliphatic carbocycles. The maximum Gasteiger partial charge on any atom is 0.126 e. The molecule has 22 heavy (non-hydrogen) atoms. The largest absolute Gasteiger partial charge is 0.493 e. The molecule has 0 aromatic heterocycles. The molecule has 0 radical (unpaired) electrons. The Hall–Kier alpha value is -2.24. The number of hydrogen-bond acceptors (Lipinski definition) is 2. The van der Waals surface area contributed by atoms with Crippen LogP contribution in [0.15, 0.2) is 48.5 Å². The summed E-state index contributed by atoms with van der Waals surface area (Å²) >= 11 is 6.08. The lowest BCUT2D eigenvalue weighted by Crippen LogP contribution is -1.98. The second-order valence-electron chi connectivity index (χ2n) is 4.92. The Bertz CT molecular complexity index is 686. The highest BCUT2D eigenvalue weighted by molar-refractivity contribution is 6.30. The monoisotopic (exact) mass is 311 g/mol. The van der Waals surface area contributed by atoms with E-state index in [-0.39, 0.29) is 0 Å². The third kappa shape index (κ3) is 4.38. The van der Waals surface area contributed by atoms with Gasteiger partial charge >= 0.3 is 0 Å². The first-order chi connectivity index (χ1) is 10.7. The van der Waals surface area contributed by atoms with Crippen LogP contribution in [-0.4, -0.2) is 6.61 Å². The minimum Gasteiger partial charge on any atom is -0.493 e. The Morgan fingerprint density at radius 3 is 2.68 bits per heavy atom. The lowest BCUT2D eigenvalue weighted by Gasteiger charge is -2.10. The van der Waals surface area contributed by atoms with Crippen molar-refractivity contribution in [3.8, 4) is 11.8 Å². The van der Waals surface area contributed by atoms with E-state index in [1.54, 1.807) is 6.07 Å². The highest BCUT2D eigenvalue weighted by Gasteiger charge is 2.06. The van der Waals surface area contributed by atoms with Crippen LogP contribution in [0, 0.1) is 11.3 Å². The highest BCUT2D eigenvalue weighted by Crippen LogP contribution is 2.27. The van der Waals surface area contributed by atoms with Crippen LogP contribution in [0.4, 0.5) is 0 Å². The van der Waals surface area contributed by atoms with Gasteiger partial charge in [0.25, 0.3) is 0 Å². The van der Waals surface area contributed by atoms with Crippen molar-refractivity contribution in [3.05, 3.63) is 64.7 Å². The molecule has 0 unspecified atom stereocenters. The van der Waals surface area contributed by atoms with E-state index in [1.807, 2.05) is 48.5 Å². The van der Waals surface area contributed by atoms with Gasteiger partial charge in [-0.3, -0.25) is 0 Å². The molecule has 2 nitrogen and oxygen atoms in total. The van der Waals surface area contributed by atoms with Crippen molar-refractivity contribution in [3.63, 3.8) is 0 Å². The number of unbranched alkanes of at least 4 members (excludes halogenated alkanes) is 1. The summed E-state index contributed by atoms with van der Waals surface area (Å²) in [4.78, 5) is 0. The molecule has 0 saturated heterocycles. The van der Waals surface area contributed by atoms with Crippen molar-refractivity contribution in [1.29, 1.82) is 5.26 Å². The van der Waals surface area contributed by atoms with Crippen LogP contribution in [0.3, 0.4) is 0 Å². The SMILES string of the molecule is CCCCOc1ccc(Cl)cc1C=C(C#N)c1ccccc1. The van der Waals surface area contributed by atoms with E-state index >= 15 is 0 Å². The first kappa shape index (κ1) is 16.1. The smallest absolute Gasteiger partial charge is 0.126 e. The van der Waals surface area contributed by atoms with Gasteiger partial charge in [-0.1, -0.05) is 55.3 Å². The fourth-order valence-electron chi connectivity index (χ4n) is 2.04. The van der Waals surface area contributed by atoms with Gasteiger partial charge in [-0.2, -0.15) is 5.26 Å². The van der Waals surface area contributed by atoms with Crippen molar-refractivity contribution in [1.82, 2.24) is 0 Å². The van der Waals surface area contributed by atoms with Gasteiger partial charge in [-0.25, -0.2) is 0 Å². The molecule has 0 spiro atoms. The van der Waals surface area contributed by atoms with Gasteiger partial charge in [0.2, 0.25) is 0 Å². The molecule has 2 aromatic rings. The molecule has 0 N–H and O–H groups in total. The van der Waals surface area contributed by atoms with Crippen molar-refractivity contribution in [2.24, 2.45) is 0 Å². The number of halogens is 1. The second-order valence-corrected chi connectivity index (χ2v) is 5.36. The van der Waals surface area contributed by atoms with E-state index in [9.17, 15) is 5.26 Å². The van der Waals surface area contributed by atoms with Crippen molar-refractivity contribution in [2.45, 2.75) is 19.8 Å². The molecule has 0 bridgehead atoms. The average Bonchev–Trinajstić information content (AvgIpc) is 2.55. The van der Waals surface area contributed by atoms with E-state index in [1.165, 1.54) is 0 Å². The zero-order chi connectivity index (χ0) is 15.8. The summed E-state index contributed by atoms with van der Waals surface area (Å²) in [5.41, 5.74) is 2.29. The fraction of sp³-hybridized carbons (Fsp3) is 0.211. The number of ether oxygens (including phenoxy) is 1. The predicted octanol–water partition coefficient (Wildman–Crippen LogP) is 5.58. The van der Waals surface area contributed by atoms with Crippen LogP contribution in [0.25, 0.3) is 11.6 Å². The summed E-state index contributed by atoms with van der Waals surface area (Å²) in [7, 11) is 0. The van der Waals surface area contributed by atoms with Crippen molar-refractivity contribution >= 4 is 23.3 Å². The Morgan fingerprint density at radius 1 is 1.23 bits per heavy atom. The molecule has 112 valence electrons. The van der Waals surface area contributed by atoms with Crippen LogP contribution >= 0.6 is 11.6 Å². The molecule has 0 aliphatic heterocycles. The summed E-state index contributed by atoms with van der Waals surface area (Å²) < 4.78 is 5.80. The first-order valence-corrected chi connectivity index (χ1v) is 7.72. The highest BCUT2D eigenvalue weighted by atomic mass is 35.5. The molecule has 0 aliphatic rings. The standard InChI is InChI=1S/C19H18ClNO/c1-2-3-11-22-19-10-9-18(20)13-16(19)12-17(14-21)15-7-5-4-6-8-15/h4-10,12-13H,2-3,11H2,1H3. The Balaban J connectivity index is 2.35. The summed E-state index contributed by atoms with van der Waals surface area (Å²) in [6.07, 6.45) is 3.89. The Labute approximate surface area is 136 Å². The van der Waals surface area contributed by atoms with Gasteiger partial charge < -0.3 is 4.74 Å². The van der Waals surface area contributed by atoms with Crippen LogP contribution in [0.2, 0.25) is 5.02 Å². The van der Waals surface area contributed by atoms with Crippen LogP contribution in [0.1, 0.15) is 30.9 Å². The van der Waals surface area contributed by atoms with Crippen molar-refractivity contribution < 1.29 is 4.74 Å². The molecular weight excluding hydrogens is 294 g/mol. The fourth-order valence-corrected chi connectivity index (χ4v) is 2.22. The van der Waals surface area contributed by atoms with Gasteiger partial charge in [0.05, 0.1) is 18.2 Å². The molecule has 0 atom stereocenters. The second kappa shape index (κ2) is 8.26. The number of allylic oxidation sites excluding steroid dienone is 1. The van der Waals surface area contributed by atoms with Gasteiger partial charge in [0.1, 0.15) is 5.75 Å². The van der Waals surface area contributed by atoms with Gasteiger partial charge in [-0.05, 0) is 36.3 Å². The zero-order valence-electron chi connectivity index (χ0n) is 12.6. The third-order valence-corrected chi connectivity index (χ3v) is 3.47. The van der Waals surface area contributed by atoms with Gasteiger partial charge in [0.15, 0.2) is 0 Å². The molecule has 2 aromatic carbocycles. The van der Waals surface area contributed by atoms with Crippen LogP contribution < -0.4 is 4.74 Å². The number of nitriles is 1. The topological polar surface area (TPSA) is 33.0 Å². The summed E-state index contributed by atoms with van der Waals surface area (Å²) in [6.45, 7) is 2.78. The lowest BCUT2D eigenvalue weighted by atomic mass is 10.0. The van der Waals surface area contributed by atoms with E-state index in [0.29, 0.717) is 17.2 Å². The average molecular weight is 312 g/mol. The van der Waals surface area contributed by atoms with E-state index in [4.69, 9.17) is 16.3 Å². The third-order valence-electron chi connectivity index (χ3n) is 3.23. The molecule has 3 heteroatoms. The van der Waals surface area contributed by atoms with Crippen molar-refractivity contribution in [2.75, 3.05) is 6.61 Å². The first-order valence-electron chi connectivity index (χ1n) is 7.34. The number of nitrogens with zero attached hydrogens (tertiary/aromatic N) is 1. The lowest BCUT2D eigenvalue weighted by molar-refractivity contribution is 0.309. The minimum atomic E-state index is 0.586. The Kier molecular flexibility index (Phi) is 6.06. The number of rotatable bonds is 6. The predicted molar refractivity (Wildman–Crippen MR) is 91.8 cm³/mol. The maximum atomic E-state index is 9.42. The number of hydrogen-bond donors (Lipinski definition) is 0. The minimum absolute atomic E-state index is 0.586. The maximum absolute atomic E-state index is 9.42. The summed E-state index contributed by atoms with van der Waals surface area (Å²) in [5, 5.41) is 10.0. The zero-order valence-corrected chi connectivity index (χ0v) is 13.3. The number of benzene rings is 2. The van der Waals surface area contributed by atoms with Crippen LogP contribution in [0.5, 0.6) is 5.75 Å². The Morgan fingerprint density at radius 2 is 2.00 bits per heavy atom. The molecule has 0 fully saturated rings. The molecule has 2 rings (SSSR count). The van der Waals surface area contributed by atoms with E-state index in [0.717, 1.165) is 29.7 Å². The van der Waals surface area contributed by atoms with Gasteiger partial charge in [-0.15, -0.1) is 0 Å². The molecule has 0 amide bonds. The molecule has 0 saturated carbocycles. The summed E-state index contributed by atoms with van der Waals surface area (Å²) in [5.74, 6) is 0.751. The normalized spacial score (nSPS) is 11.0. The summed E-state index contributed by atoms with van der Waals surface area (Å²) in [6, 6.07) is 17.3.